The zero-order valence-corrected chi connectivity index (χ0v) is 19.7. The molecule has 4 rings (SSSR count). The molecule has 0 fully saturated rings. The number of carbonyl (C=O) groups excluding carboxylic acids is 1. The van der Waals surface area contributed by atoms with E-state index in [4.69, 9.17) is 4.74 Å². The molecule has 0 saturated carbocycles. The second-order valence-corrected chi connectivity index (χ2v) is 7.68. The van der Waals surface area contributed by atoms with E-state index in [-0.39, 0.29) is 5.75 Å². The lowest BCUT2D eigenvalue weighted by atomic mass is 10.1. The van der Waals surface area contributed by atoms with Crippen LogP contribution in [0.1, 0.15) is 11.1 Å². The summed E-state index contributed by atoms with van der Waals surface area (Å²) in [5.41, 5.74) is 5.85. The Balaban J connectivity index is 1.34. The highest BCUT2D eigenvalue weighted by Crippen LogP contribution is 2.24. The van der Waals surface area contributed by atoms with E-state index < -0.39 is 12.4 Å². The molecule has 0 aliphatic carbocycles. The van der Waals surface area contributed by atoms with Gasteiger partial charge in [-0.2, -0.15) is 5.10 Å². The molecule has 1 heterocycles. The molecule has 37 heavy (non-hydrogen) atoms. The number of hydrogen-bond donors (Lipinski definition) is 2. The number of nitrogens with one attached hydrogen (secondary N) is 2. The maximum Gasteiger partial charge on any atom is 0.573 e. The first-order valence-corrected chi connectivity index (χ1v) is 10.8. The molecule has 0 bridgehead atoms. The van der Waals surface area contributed by atoms with Crippen LogP contribution < -0.4 is 20.2 Å². The highest BCUT2D eigenvalue weighted by molar-refractivity contribution is 5.91. The van der Waals surface area contributed by atoms with Gasteiger partial charge in [-0.25, -0.2) is 19.9 Å². The summed E-state index contributed by atoms with van der Waals surface area (Å²) in [5, 5.41) is 11.0. The molecule has 0 atom stereocenters. The monoisotopic (exact) mass is 510 g/mol. The van der Waals surface area contributed by atoms with Gasteiger partial charge >= 0.3 is 12.4 Å². The molecule has 0 unspecified atom stereocenters. The highest BCUT2D eigenvalue weighted by Gasteiger charge is 2.31. The summed E-state index contributed by atoms with van der Waals surface area (Å²) in [6.07, 6.45) is -1.81. The SMILES string of the molecule is COc1ccc(NC(=O)N/N=C/c2ccc(-c3ncn(-c4ccc(OC(F)(F)F)cc4)n3)cc2)c(C)c1. The van der Waals surface area contributed by atoms with Crippen LogP contribution in [-0.2, 0) is 0 Å². The number of aryl methyl sites for hydroxylation is 1. The summed E-state index contributed by atoms with van der Waals surface area (Å²) >= 11 is 0. The standard InChI is InChI=1S/C25H21F3N6O3/c1-16-13-21(36-2)11-12-22(16)31-24(35)32-30-14-17-3-5-18(6-4-17)23-29-15-34(33-23)19-7-9-20(10-8-19)37-25(26,27)28/h3-15H,1-2H3,(H2,31,32,35)/b30-14+. The van der Waals surface area contributed by atoms with Crippen LogP contribution in [0.2, 0.25) is 0 Å². The fraction of sp³-hybridized carbons (Fsp3) is 0.120. The van der Waals surface area contributed by atoms with Crippen molar-refractivity contribution in [2.45, 2.75) is 13.3 Å². The molecule has 0 spiro atoms. The van der Waals surface area contributed by atoms with Crippen molar-refractivity contribution in [3.63, 3.8) is 0 Å². The van der Waals surface area contributed by atoms with Crippen LogP contribution in [0, 0.1) is 6.92 Å². The number of hydrogen-bond acceptors (Lipinski definition) is 6. The van der Waals surface area contributed by atoms with Crippen LogP contribution >= 0.6 is 0 Å². The first-order valence-electron chi connectivity index (χ1n) is 10.8. The molecule has 12 heteroatoms. The first kappa shape index (κ1) is 25.2. The third-order valence-corrected chi connectivity index (χ3v) is 5.06. The van der Waals surface area contributed by atoms with Crippen molar-refractivity contribution in [3.8, 4) is 28.6 Å². The van der Waals surface area contributed by atoms with Gasteiger partial charge in [-0.05, 0) is 60.5 Å². The Hall–Kier alpha value is -4.87. The van der Waals surface area contributed by atoms with E-state index in [9.17, 15) is 18.0 Å². The van der Waals surface area contributed by atoms with Crippen molar-refractivity contribution in [3.05, 3.63) is 84.2 Å². The largest absolute Gasteiger partial charge is 0.573 e. The molecule has 0 aliphatic heterocycles. The number of anilines is 1. The fourth-order valence-corrected chi connectivity index (χ4v) is 3.26. The Morgan fingerprint density at radius 3 is 2.38 bits per heavy atom. The number of halogens is 3. The van der Waals surface area contributed by atoms with E-state index in [1.807, 2.05) is 13.0 Å². The molecule has 4 aromatic rings. The summed E-state index contributed by atoms with van der Waals surface area (Å²) < 4.78 is 47.4. The minimum atomic E-state index is -4.75. The van der Waals surface area contributed by atoms with Crippen LogP contribution in [0.5, 0.6) is 11.5 Å². The van der Waals surface area contributed by atoms with E-state index in [1.165, 1.54) is 41.5 Å². The van der Waals surface area contributed by atoms with Crippen LogP contribution in [0.15, 0.2) is 78.2 Å². The van der Waals surface area contributed by atoms with Crippen molar-refractivity contribution in [1.82, 2.24) is 20.2 Å². The number of urea groups is 1. The van der Waals surface area contributed by atoms with E-state index in [0.29, 0.717) is 28.5 Å². The van der Waals surface area contributed by atoms with Crippen molar-refractivity contribution in [2.75, 3.05) is 12.4 Å². The maximum atomic E-state index is 12.3. The zero-order chi connectivity index (χ0) is 26.4. The lowest BCUT2D eigenvalue weighted by Gasteiger charge is -2.09. The Bertz CT molecular complexity index is 1400. The van der Waals surface area contributed by atoms with Crippen LogP contribution in [0.3, 0.4) is 0 Å². The number of amides is 2. The van der Waals surface area contributed by atoms with E-state index in [2.05, 4.69) is 30.7 Å². The summed E-state index contributed by atoms with van der Waals surface area (Å²) in [6, 6.07) is 17.2. The van der Waals surface area contributed by atoms with Gasteiger partial charge in [-0.1, -0.05) is 24.3 Å². The number of ether oxygens (including phenoxy) is 2. The zero-order valence-electron chi connectivity index (χ0n) is 19.7. The second kappa shape index (κ2) is 10.8. The van der Waals surface area contributed by atoms with Crippen molar-refractivity contribution < 1.29 is 27.4 Å². The van der Waals surface area contributed by atoms with Crippen molar-refractivity contribution >= 4 is 17.9 Å². The van der Waals surface area contributed by atoms with E-state index in [0.717, 1.165) is 11.1 Å². The first-order chi connectivity index (χ1) is 17.7. The van der Waals surface area contributed by atoms with Gasteiger partial charge in [-0.3, -0.25) is 0 Å². The third-order valence-electron chi connectivity index (χ3n) is 5.06. The molecule has 0 radical (unpaired) electrons. The summed E-state index contributed by atoms with van der Waals surface area (Å²) in [4.78, 5) is 16.4. The van der Waals surface area contributed by atoms with E-state index >= 15 is 0 Å². The smallest absolute Gasteiger partial charge is 0.497 e. The molecule has 0 aliphatic rings. The van der Waals surface area contributed by atoms with Crippen LogP contribution in [0.25, 0.3) is 17.1 Å². The van der Waals surface area contributed by atoms with Gasteiger partial charge in [0.1, 0.15) is 17.8 Å². The number of carbonyl (C=O) groups is 1. The van der Waals surface area contributed by atoms with Gasteiger partial charge in [-0.15, -0.1) is 18.3 Å². The van der Waals surface area contributed by atoms with Gasteiger partial charge in [0.2, 0.25) is 0 Å². The number of hydrazone groups is 1. The molecule has 1 aromatic heterocycles. The second-order valence-electron chi connectivity index (χ2n) is 7.68. The third kappa shape index (κ3) is 6.84. The predicted octanol–water partition coefficient (Wildman–Crippen LogP) is 5.31. The summed E-state index contributed by atoms with van der Waals surface area (Å²) in [6.45, 7) is 1.85. The Kier molecular flexibility index (Phi) is 7.37. The average Bonchev–Trinajstić information content (AvgIpc) is 3.35. The van der Waals surface area contributed by atoms with Crippen molar-refractivity contribution in [1.29, 1.82) is 0 Å². The number of alkyl halides is 3. The Morgan fingerprint density at radius 2 is 1.73 bits per heavy atom. The normalized spacial score (nSPS) is 11.4. The average molecular weight is 510 g/mol. The number of methoxy groups -OCH3 is 1. The molecule has 3 aromatic carbocycles. The Morgan fingerprint density at radius 1 is 1.03 bits per heavy atom. The molecule has 0 saturated heterocycles. The highest BCUT2D eigenvalue weighted by atomic mass is 19.4. The molecular weight excluding hydrogens is 489 g/mol. The number of aromatic nitrogens is 3. The van der Waals surface area contributed by atoms with Crippen molar-refractivity contribution in [2.24, 2.45) is 5.10 Å². The molecule has 2 amide bonds. The molecule has 190 valence electrons. The Labute approximate surface area is 209 Å². The minimum absolute atomic E-state index is 0.323. The van der Waals surface area contributed by atoms with Gasteiger partial charge in [0.15, 0.2) is 5.82 Å². The molecule has 9 nitrogen and oxygen atoms in total. The topological polar surface area (TPSA) is 103 Å². The summed E-state index contributed by atoms with van der Waals surface area (Å²) in [7, 11) is 1.57. The van der Waals surface area contributed by atoms with Gasteiger partial charge in [0.25, 0.3) is 0 Å². The quantitative estimate of drug-likeness (QED) is 0.259. The van der Waals surface area contributed by atoms with Gasteiger partial charge < -0.3 is 14.8 Å². The fourth-order valence-electron chi connectivity index (χ4n) is 3.26. The van der Waals surface area contributed by atoms with Crippen LogP contribution in [-0.4, -0.2) is 40.5 Å². The number of rotatable bonds is 7. The van der Waals surface area contributed by atoms with Crippen LogP contribution in [0.4, 0.5) is 23.7 Å². The predicted molar refractivity (Wildman–Crippen MR) is 131 cm³/mol. The molecular formula is C25H21F3N6O3. The summed E-state index contributed by atoms with van der Waals surface area (Å²) in [5.74, 6) is 0.795. The number of nitrogens with zero attached hydrogens (tertiary/aromatic N) is 4. The lowest BCUT2D eigenvalue weighted by molar-refractivity contribution is -0.274. The maximum absolute atomic E-state index is 12.3. The lowest BCUT2D eigenvalue weighted by Crippen LogP contribution is -2.24. The number of benzene rings is 3. The van der Waals surface area contributed by atoms with Gasteiger partial charge in [0.05, 0.1) is 19.0 Å². The van der Waals surface area contributed by atoms with E-state index in [1.54, 1.807) is 43.5 Å². The minimum Gasteiger partial charge on any atom is -0.497 e. The van der Waals surface area contributed by atoms with Gasteiger partial charge in [0, 0.05) is 11.3 Å². The molecule has 2 N–H and O–H groups in total.